The summed E-state index contributed by atoms with van der Waals surface area (Å²) in [6.07, 6.45) is 0. The van der Waals surface area contributed by atoms with Crippen molar-refractivity contribution in [2.24, 2.45) is 0 Å². The van der Waals surface area contributed by atoms with Crippen LogP contribution in [0.1, 0.15) is 10.4 Å². The van der Waals surface area contributed by atoms with Crippen molar-refractivity contribution in [2.75, 3.05) is 6.54 Å². The second kappa shape index (κ2) is 5.01. The van der Waals surface area contributed by atoms with Gasteiger partial charge in [-0.25, -0.2) is 0 Å². The molecule has 0 heterocycles. The topological polar surface area (TPSA) is 110 Å². The third kappa shape index (κ3) is 3.23. The van der Waals surface area contributed by atoms with Gasteiger partial charge in [-0.05, 0) is 12.1 Å². The van der Waals surface area contributed by atoms with E-state index in [0.717, 1.165) is 18.2 Å². The molecule has 0 atom stereocenters. The summed E-state index contributed by atoms with van der Waals surface area (Å²) in [5, 5.41) is 20.7. The highest BCUT2D eigenvalue weighted by atomic mass is 19.1. The molecule has 0 unspecified atom stereocenters. The highest BCUT2D eigenvalue weighted by molar-refractivity contribution is 5.96. The number of aliphatic carboxylic acids is 1. The van der Waals surface area contributed by atoms with E-state index in [-0.39, 0.29) is 5.56 Å². The first-order chi connectivity index (χ1) is 7.91. The fraction of sp³-hybridized carbons (Fsp3) is 0.111. The van der Waals surface area contributed by atoms with Gasteiger partial charge in [-0.3, -0.25) is 19.7 Å². The molecule has 0 aliphatic heterocycles. The maximum atomic E-state index is 12.9. The Balaban J connectivity index is 2.92. The Hall–Kier alpha value is -2.51. The molecule has 0 spiro atoms. The first-order valence-corrected chi connectivity index (χ1v) is 4.35. The van der Waals surface area contributed by atoms with Crippen LogP contribution in [0.3, 0.4) is 0 Å². The van der Waals surface area contributed by atoms with Crippen LogP contribution in [0.5, 0.6) is 0 Å². The number of nitro benzene ring substituents is 1. The van der Waals surface area contributed by atoms with Gasteiger partial charge in [-0.15, -0.1) is 0 Å². The lowest BCUT2D eigenvalue weighted by Gasteiger charge is -2.02. The molecule has 0 fully saturated rings. The summed E-state index contributed by atoms with van der Waals surface area (Å²) in [6, 6.07) is 2.54. The lowest BCUT2D eigenvalue weighted by atomic mass is 10.2. The fourth-order valence-electron chi connectivity index (χ4n) is 1.05. The van der Waals surface area contributed by atoms with Crippen LogP contribution in [0.4, 0.5) is 10.1 Å². The fourth-order valence-corrected chi connectivity index (χ4v) is 1.05. The molecule has 0 radical (unpaired) electrons. The number of rotatable bonds is 4. The van der Waals surface area contributed by atoms with Crippen LogP contribution >= 0.6 is 0 Å². The molecular formula is C9H7FN2O5. The number of carbonyl (C=O) groups excluding carboxylic acids is 1. The maximum absolute atomic E-state index is 12.9. The van der Waals surface area contributed by atoms with Crippen LogP contribution in [0.25, 0.3) is 0 Å². The maximum Gasteiger partial charge on any atom is 0.322 e. The van der Waals surface area contributed by atoms with E-state index in [2.05, 4.69) is 0 Å². The van der Waals surface area contributed by atoms with Crippen molar-refractivity contribution in [1.82, 2.24) is 5.32 Å². The van der Waals surface area contributed by atoms with E-state index in [1.54, 1.807) is 0 Å². The van der Waals surface area contributed by atoms with Gasteiger partial charge in [-0.2, -0.15) is 4.39 Å². The van der Waals surface area contributed by atoms with Crippen molar-refractivity contribution >= 4 is 17.6 Å². The number of nitrogens with one attached hydrogen (secondary N) is 1. The minimum atomic E-state index is -1.25. The lowest BCUT2D eigenvalue weighted by Crippen LogP contribution is -2.29. The van der Waals surface area contributed by atoms with Crippen molar-refractivity contribution < 1.29 is 24.0 Å². The summed E-state index contributed by atoms with van der Waals surface area (Å²) in [6.45, 7) is -0.621. The normalized spacial score (nSPS) is 9.71. The Labute approximate surface area is 94.0 Å². The molecule has 0 bridgehead atoms. The van der Waals surface area contributed by atoms with E-state index in [1.165, 1.54) is 0 Å². The number of nitro groups is 1. The SMILES string of the molecule is O=C(O)CNC(=O)c1ccc(F)c([N+](=O)[O-])c1. The van der Waals surface area contributed by atoms with E-state index < -0.39 is 34.8 Å². The number of benzene rings is 1. The number of carboxylic acid groups (broad SMARTS) is 1. The van der Waals surface area contributed by atoms with Crippen molar-refractivity contribution in [1.29, 1.82) is 0 Å². The Morgan fingerprint density at radius 1 is 1.47 bits per heavy atom. The summed E-state index contributed by atoms with van der Waals surface area (Å²) in [5.41, 5.74) is -1.02. The smallest absolute Gasteiger partial charge is 0.322 e. The number of carbonyl (C=O) groups is 2. The highest BCUT2D eigenvalue weighted by Gasteiger charge is 2.17. The molecule has 1 aromatic carbocycles. The molecule has 2 N–H and O–H groups in total. The van der Waals surface area contributed by atoms with Gasteiger partial charge in [0, 0.05) is 11.6 Å². The molecule has 1 amide bonds. The zero-order chi connectivity index (χ0) is 13.0. The number of halogens is 1. The molecular weight excluding hydrogens is 235 g/mol. The standard InChI is InChI=1S/C9H7FN2O5/c10-6-2-1-5(3-7(6)12(16)17)9(15)11-4-8(13)14/h1-3H,4H2,(H,11,15)(H,13,14). The molecule has 8 heteroatoms. The predicted octanol–water partition coefficient (Wildman–Crippen LogP) is 0.548. The molecule has 1 rings (SSSR count). The molecule has 0 saturated carbocycles. The van der Waals surface area contributed by atoms with Crippen LogP contribution in [0, 0.1) is 15.9 Å². The monoisotopic (exact) mass is 242 g/mol. The van der Waals surface area contributed by atoms with Crippen LogP contribution in [0.15, 0.2) is 18.2 Å². The number of carboxylic acids is 1. The molecule has 90 valence electrons. The van der Waals surface area contributed by atoms with Gasteiger partial charge in [0.2, 0.25) is 5.82 Å². The molecule has 17 heavy (non-hydrogen) atoms. The third-order valence-corrected chi connectivity index (χ3v) is 1.81. The number of hydrogen-bond donors (Lipinski definition) is 2. The Morgan fingerprint density at radius 2 is 2.12 bits per heavy atom. The van der Waals surface area contributed by atoms with Crippen LogP contribution in [-0.2, 0) is 4.79 Å². The zero-order valence-corrected chi connectivity index (χ0v) is 8.34. The van der Waals surface area contributed by atoms with Crippen LogP contribution < -0.4 is 5.32 Å². The quantitative estimate of drug-likeness (QED) is 0.591. The molecule has 7 nitrogen and oxygen atoms in total. The van der Waals surface area contributed by atoms with E-state index in [0.29, 0.717) is 0 Å². The second-order valence-corrected chi connectivity index (χ2v) is 3.00. The summed E-state index contributed by atoms with van der Waals surface area (Å²) in [7, 11) is 0. The molecule has 0 aliphatic carbocycles. The van der Waals surface area contributed by atoms with Crippen LogP contribution in [-0.4, -0.2) is 28.5 Å². The van der Waals surface area contributed by atoms with E-state index in [1.807, 2.05) is 5.32 Å². The summed E-state index contributed by atoms with van der Waals surface area (Å²) in [5.74, 6) is -3.14. The summed E-state index contributed by atoms with van der Waals surface area (Å²) < 4.78 is 12.9. The van der Waals surface area contributed by atoms with Crippen molar-refractivity contribution in [3.05, 3.63) is 39.7 Å². The van der Waals surface area contributed by atoms with Gasteiger partial charge >= 0.3 is 11.7 Å². The minimum absolute atomic E-state index is 0.181. The lowest BCUT2D eigenvalue weighted by molar-refractivity contribution is -0.387. The number of amides is 1. The van der Waals surface area contributed by atoms with E-state index >= 15 is 0 Å². The largest absolute Gasteiger partial charge is 0.480 e. The Morgan fingerprint density at radius 3 is 2.65 bits per heavy atom. The first kappa shape index (κ1) is 12.6. The van der Waals surface area contributed by atoms with Gasteiger partial charge < -0.3 is 10.4 Å². The van der Waals surface area contributed by atoms with Gasteiger partial charge in [0.15, 0.2) is 0 Å². The van der Waals surface area contributed by atoms with E-state index in [9.17, 15) is 24.1 Å². The second-order valence-electron chi connectivity index (χ2n) is 3.00. The van der Waals surface area contributed by atoms with Gasteiger partial charge in [0.25, 0.3) is 5.91 Å². The highest BCUT2D eigenvalue weighted by Crippen LogP contribution is 2.18. The Bertz CT molecular complexity index is 488. The van der Waals surface area contributed by atoms with Crippen molar-refractivity contribution in [3.63, 3.8) is 0 Å². The number of hydrogen-bond acceptors (Lipinski definition) is 4. The molecule has 0 saturated heterocycles. The minimum Gasteiger partial charge on any atom is -0.480 e. The predicted molar refractivity (Wildman–Crippen MR) is 53.0 cm³/mol. The molecule has 0 aliphatic rings. The Kier molecular flexibility index (Phi) is 3.70. The van der Waals surface area contributed by atoms with Crippen molar-refractivity contribution in [3.8, 4) is 0 Å². The molecule has 1 aromatic rings. The number of nitrogens with zero attached hydrogens (tertiary/aromatic N) is 1. The summed E-state index contributed by atoms with van der Waals surface area (Å²) in [4.78, 5) is 30.9. The average Bonchev–Trinajstić information content (AvgIpc) is 2.26. The third-order valence-electron chi connectivity index (χ3n) is 1.81. The van der Waals surface area contributed by atoms with E-state index in [4.69, 9.17) is 5.11 Å². The van der Waals surface area contributed by atoms with Crippen molar-refractivity contribution in [2.45, 2.75) is 0 Å². The first-order valence-electron chi connectivity index (χ1n) is 4.35. The van der Waals surface area contributed by atoms with Gasteiger partial charge in [0.05, 0.1) is 4.92 Å². The summed E-state index contributed by atoms with van der Waals surface area (Å²) >= 11 is 0. The average molecular weight is 242 g/mol. The van der Waals surface area contributed by atoms with Gasteiger partial charge in [0.1, 0.15) is 6.54 Å². The molecule has 0 aromatic heterocycles. The zero-order valence-electron chi connectivity index (χ0n) is 8.34. The van der Waals surface area contributed by atoms with Gasteiger partial charge in [-0.1, -0.05) is 0 Å². The van der Waals surface area contributed by atoms with Crippen LogP contribution in [0.2, 0.25) is 0 Å².